The highest BCUT2D eigenvalue weighted by Crippen LogP contribution is 1.88. The van der Waals surface area contributed by atoms with Crippen molar-refractivity contribution in [3.8, 4) is 0 Å². The van der Waals surface area contributed by atoms with Crippen LogP contribution in [0, 0.1) is 0 Å². The van der Waals surface area contributed by atoms with Gasteiger partial charge in [0.2, 0.25) is 0 Å². The highest BCUT2D eigenvalue weighted by molar-refractivity contribution is 4.87. The summed E-state index contributed by atoms with van der Waals surface area (Å²) in [7, 11) is 0. The molecule has 8 heavy (non-hydrogen) atoms. The Kier molecular flexibility index (Phi) is 4.67. The molecule has 0 aliphatic heterocycles. The molecule has 0 fully saturated rings. The number of nitrogens with two attached hydrogens (primary N) is 1. The van der Waals surface area contributed by atoms with E-state index in [1.54, 1.807) is 0 Å². The Morgan fingerprint density at radius 2 is 2.25 bits per heavy atom. The minimum Gasteiger partial charge on any atom is -0.325 e. The second-order valence-corrected chi connectivity index (χ2v) is 2.08. The smallest absolute Gasteiger partial charge is 0.0194 e. The van der Waals surface area contributed by atoms with Crippen LogP contribution in [-0.4, -0.2) is 6.04 Å². The van der Waals surface area contributed by atoms with Crippen molar-refractivity contribution in [2.45, 2.75) is 32.7 Å². The van der Waals surface area contributed by atoms with Gasteiger partial charge in [0, 0.05) is 6.04 Å². The van der Waals surface area contributed by atoms with E-state index in [1.807, 2.05) is 13.0 Å². The highest BCUT2D eigenvalue weighted by atomic mass is 14.6. The molecule has 1 heteroatoms. The predicted octanol–water partition coefficient (Wildman–Crippen LogP) is 1.69. The first-order valence-electron chi connectivity index (χ1n) is 3.19. The van der Waals surface area contributed by atoms with Crippen molar-refractivity contribution in [2.24, 2.45) is 5.73 Å². The van der Waals surface area contributed by atoms with Crippen LogP contribution < -0.4 is 5.73 Å². The number of rotatable bonds is 3. The Hall–Kier alpha value is -0.300. The lowest BCUT2D eigenvalue weighted by Gasteiger charge is -1.91. The van der Waals surface area contributed by atoms with Crippen LogP contribution >= 0.6 is 0 Å². The molecule has 48 valence electrons. The van der Waals surface area contributed by atoms with Crippen molar-refractivity contribution < 1.29 is 0 Å². The monoisotopic (exact) mass is 113 g/mol. The third-order valence-corrected chi connectivity index (χ3v) is 0.895. The summed E-state index contributed by atoms with van der Waals surface area (Å²) in [6.07, 6.45) is 6.53. The maximum absolute atomic E-state index is 5.45. The minimum absolute atomic E-state index is 0.224. The van der Waals surface area contributed by atoms with Crippen LogP contribution in [0.4, 0.5) is 0 Å². The zero-order chi connectivity index (χ0) is 6.41. The molecule has 0 bridgehead atoms. The van der Waals surface area contributed by atoms with Crippen molar-refractivity contribution in [1.82, 2.24) is 0 Å². The molecule has 0 saturated carbocycles. The largest absolute Gasteiger partial charge is 0.325 e. The van der Waals surface area contributed by atoms with Gasteiger partial charge in [-0.3, -0.25) is 0 Å². The Labute approximate surface area is 51.6 Å². The van der Waals surface area contributed by atoms with Crippen LogP contribution in [0.1, 0.15) is 26.7 Å². The molecule has 0 saturated heterocycles. The zero-order valence-corrected chi connectivity index (χ0v) is 5.72. The Morgan fingerprint density at radius 3 is 2.62 bits per heavy atom. The average Bonchev–Trinajstić information content (AvgIpc) is 1.66. The van der Waals surface area contributed by atoms with E-state index in [-0.39, 0.29) is 6.04 Å². The molecule has 0 spiro atoms. The molecule has 0 aromatic heterocycles. The third kappa shape index (κ3) is 5.70. The molecular formula is C7H15N. The summed E-state index contributed by atoms with van der Waals surface area (Å²) < 4.78 is 0. The molecule has 0 amide bonds. The molecule has 1 nitrogen and oxygen atoms in total. The van der Waals surface area contributed by atoms with Crippen LogP contribution in [0.3, 0.4) is 0 Å². The molecule has 0 aliphatic rings. The summed E-state index contributed by atoms with van der Waals surface area (Å²) in [4.78, 5) is 0. The van der Waals surface area contributed by atoms with E-state index in [9.17, 15) is 0 Å². The first-order valence-corrected chi connectivity index (χ1v) is 3.19. The van der Waals surface area contributed by atoms with Crippen molar-refractivity contribution in [2.75, 3.05) is 0 Å². The normalized spacial score (nSPS) is 14.9. The first kappa shape index (κ1) is 7.70. The van der Waals surface area contributed by atoms with Crippen LogP contribution in [0.15, 0.2) is 12.2 Å². The van der Waals surface area contributed by atoms with Gasteiger partial charge in [-0.2, -0.15) is 0 Å². The fourth-order valence-corrected chi connectivity index (χ4v) is 0.478. The minimum atomic E-state index is 0.224. The van der Waals surface area contributed by atoms with Crippen molar-refractivity contribution in [3.63, 3.8) is 0 Å². The van der Waals surface area contributed by atoms with E-state index in [4.69, 9.17) is 5.73 Å². The Morgan fingerprint density at radius 1 is 1.62 bits per heavy atom. The second-order valence-electron chi connectivity index (χ2n) is 2.08. The maximum Gasteiger partial charge on any atom is 0.0194 e. The quantitative estimate of drug-likeness (QED) is 0.554. The topological polar surface area (TPSA) is 26.0 Å². The summed E-state index contributed by atoms with van der Waals surface area (Å²) in [5.74, 6) is 0. The highest BCUT2D eigenvalue weighted by Gasteiger charge is 1.79. The number of unbranched alkanes of at least 4 members (excludes halogenated alkanes) is 1. The molecule has 2 N–H and O–H groups in total. The van der Waals surface area contributed by atoms with Gasteiger partial charge in [-0.1, -0.05) is 25.5 Å². The molecule has 1 atom stereocenters. The zero-order valence-electron chi connectivity index (χ0n) is 5.72. The van der Waals surface area contributed by atoms with Gasteiger partial charge in [-0.15, -0.1) is 0 Å². The van der Waals surface area contributed by atoms with E-state index < -0.39 is 0 Å². The first-order chi connectivity index (χ1) is 3.77. The fraction of sp³-hybridized carbons (Fsp3) is 0.714. The van der Waals surface area contributed by atoms with Gasteiger partial charge in [0.15, 0.2) is 0 Å². The molecule has 0 rings (SSSR count). The average molecular weight is 113 g/mol. The lowest BCUT2D eigenvalue weighted by molar-refractivity contribution is 0.897. The van der Waals surface area contributed by atoms with Gasteiger partial charge >= 0.3 is 0 Å². The molecule has 0 aliphatic carbocycles. The number of hydrogen-bond donors (Lipinski definition) is 1. The van der Waals surface area contributed by atoms with Gasteiger partial charge in [0.1, 0.15) is 0 Å². The lowest BCUT2D eigenvalue weighted by atomic mass is 10.2. The molecule has 0 radical (unpaired) electrons. The Balaban J connectivity index is 3.07. The summed E-state index contributed by atoms with van der Waals surface area (Å²) in [5, 5.41) is 0. The molecule has 0 aromatic carbocycles. The number of hydrogen-bond acceptors (Lipinski definition) is 1. The van der Waals surface area contributed by atoms with Gasteiger partial charge in [0.25, 0.3) is 0 Å². The second kappa shape index (κ2) is 4.85. The maximum atomic E-state index is 5.45. The van der Waals surface area contributed by atoms with Crippen LogP contribution in [-0.2, 0) is 0 Å². The van der Waals surface area contributed by atoms with E-state index in [1.165, 1.54) is 6.42 Å². The van der Waals surface area contributed by atoms with Gasteiger partial charge in [-0.05, 0) is 13.3 Å². The third-order valence-electron chi connectivity index (χ3n) is 0.895. The standard InChI is InChI=1S/C7H15N/c1-3-4-5-6-7(2)8/h5-7H,3-4,8H2,1-2H3/b6-5+/t7-/m0/s1. The predicted molar refractivity (Wildman–Crippen MR) is 37.7 cm³/mol. The van der Waals surface area contributed by atoms with Crippen molar-refractivity contribution in [1.29, 1.82) is 0 Å². The van der Waals surface area contributed by atoms with Crippen LogP contribution in [0.5, 0.6) is 0 Å². The van der Waals surface area contributed by atoms with Crippen LogP contribution in [0.25, 0.3) is 0 Å². The van der Waals surface area contributed by atoms with E-state index >= 15 is 0 Å². The summed E-state index contributed by atoms with van der Waals surface area (Å²) in [5.41, 5.74) is 5.45. The number of allylic oxidation sites excluding steroid dienone is 1. The van der Waals surface area contributed by atoms with E-state index in [2.05, 4.69) is 13.0 Å². The SMILES string of the molecule is CCC/C=C/[C@H](C)N. The molecular weight excluding hydrogens is 98.1 g/mol. The molecule has 0 heterocycles. The molecule has 0 unspecified atom stereocenters. The van der Waals surface area contributed by atoms with E-state index in [0.717, 1.165) is 6.42 Å². The Bertz CT molecular complexity index is 64.8. The van der Waals surface area contributed by atoms with Crippen molar-refractivity contribution in [3.05, 3.63) is 12.2 Å². The molecule has 0 aromatic rings. The van der Waals surface area contributed by atoms with Gasteiger partial charge < -0.3 is 5.73 Å². The van der Waals surface area contributed by atoms with Crippen LogP contribution in [0.2, 0.25) is 0 Å². The summed E-state index contributed by atoms with van der Waals surface area (Å²) in [6, 6.07) is 0.224. The fourth-order valence-electron chi connectivity index (χ4n) is 0.478. The lowest BCUT2D eigenvalue weighted by Crippen LogP contribution is -2.09. The van der Waals surface area contributed by atoms with Gasteiger partial charge in [-0.25, -0.2) is 0 Å². The summed E-state index contributed by atoms with van der Waals surface area (Å²) >= 11 is 0. The van der Waals surface area contributed by atoms with Crippen molar-refractivity contribution >= 4 is 0 Å². The van der Waals surface area contributed by atoms with E-state index in [0.29, 0.717) is 0 Å². The summed E-state index contributed by atoms with van der Waals surface area (Å²) in [6.45, 7) is 4.14. The van der Waals surface area contributed by atoms with Gasteiger partial charge in [0.05, 0.1) is 0 Å².